The summed E-state index contributed by atoms with van der Waals surface area (Å²) in [5.41, 5.74) is 1.13. The van der Waals surface area contributed by atoms with E-state index in [0.29, 0.717) is 29.2 Å². The van der Waals surface area contributed by atoms with Gasteiger partial charge in [-0.3, -0.25) is 14.2 Å². The number of furan rings is 1. The summed E-state index contributed by atoms with van der Waals surface area (Å²) >= 11 is 0. The maximum atomic E-state index is 12.9. The highest BCUT2D eigenvalue weighted by atomic mass is 16.3. The Morgan fingerprint density at radius 1 is 1.18 bits per heavy atom. The van der Waals surface area contributed by atoms with E-state index < -0.39 is 0 Å². The van der Waals surface area contributed by atoms with Gasteiger partial charge in [-0.05, 0) is 31.2 Å². The molecule has 8 heteroatoms. The van der Waals surface area contributed by atoms with Crippen LogP contribution in [0.15, 0.2) is 64.1 Å². The molecule has 1 aromatic carbocycles. The molecule has 4 rings (SSSR count). The third kappa shape index (κ3) is 3.44. The molecule has 0 aliphatic heterocycles. The molecule has 0 radical (unpaired) electrons. The monoisotopic (exact) mass is 377 g/mol. The number of hydrogen-bond acceptors (Lipinski definition) is 5. The second-order valence-corrected chi connectivity index (χ2v) is 6.35. The number of aryl methyl sites for hydroxylation is 1. The zero-order valence-electron chi connectivity index (χ0n) is 15.3. The van der Waals surface area contributed by atoms with Crippen LogP contribution < -0.4 is 10.9 Å². The SMILES string of the molecule is Cc1nc2c(cnn2-c2ccccc2)c(=O)n1CCC(=O)NCc1ccco1. The van der Waals surface area contributed by atoms with Crippen LogP contribution in [0.4, 0.5) is 0 Å². The van der Waals surface area contributed by atoms with E-state index in [4.69, 9.17) is 4.42 Å². The molecule has 3 heterocycles. The number of nitrogens with zero attached hydrogens (tertiary/aromatic N) is 4. The lowest BCUT2D eigenvalue weighted by atomic mass is 10.3. The minimum absolute atomic E-state index is 0.164. The minimum Gasteiger partial charge on any atom is -0.467 e. The lowest BCUT2D eigenvalue weighted by Crippen LogP contribution is -2.28. The third-order valence-corrected chi connectivity index (χ3v) is 4.48. The van der Waals surface area contributed by atoms with Gasteiger partial charge in [-0.1, -0.05) is 18.2 Å². The van der Waals surface area contributed by atoms with Crippen LogP contribution in [0.1, 0.15) is 18.0 Å². The lowest BCUT2D eigenvalue weighted by molar-refractivity contribution is -0.121. The van der Waals surface area contributed by atoms with Crippen LogP contribution in [-0.2, 0) is 17.9 Å². The first-order valence-electron chi connectivity index (χ1n) is 8.93. The van der Waals surface area contributed by atoms with Gasteiger partial charge in [-0.15, -0.1) is 0 Å². The van der Waals surface area contributed by atoms with Crippen molar-refractivity contribution < 1.29 is 9.21 Å². The van der Waals surface area contributed by atoms with Crippen molar-refractivity contribution in [2.24, 2.45) is 0 Å². The van der Waals surface area contributed by atoms with Crippen molar-refractivity contribution in [1.82, 2.24) is 24.6 Å². The van der Waals surface area contributed by atoms with Gasteiger partial charge < -0.3 is 9.73 Å². The molecule has 0 atom stereocenters. The van der Waals surface area contributed by atoms with E-state index in [2.05, 4.69) is 15.4 Å². The molecule has 0 aliphatic rings. The molecule has 0 aliphatic carbocycles. The summed E-state index contributed by atoms with van der Waals surface area (Å²) in [5.74, 6) is 1.05. The van der Waals surface area contributed by atoms with Crippen LogP contribution in [0.5, 0.6) is 0 Å². The molecule has 3 aromatic heterocycles. The number of benzene rings is 1. The van der Waals surface area contributed by atoms with Crippen LogP contribution in [0.3, 0.4) is 0 Å². The Balaban J connectivity index is 1.53. The van der Waals surface area contributed by atoms with Gasteiger partial charge in [0, 0.05) is 13.0 Å². The molecule has 0 saturated carbocycles. The van der Waals surface area contributed by atoms with Gasteiger partial charge in [0.2, 0.25) is 5.91 Å². The van der Waals surface area contributed by atoms with E-state index in [1.807, 2.05) is 30.3 Å². The normalized spacial score (nSPS) is 11.0. The number of amides is 1. The zero-order chi connectivity index (χ0) is 19.5. The number of rotatable bonds is 6. The highest BCUT2D eigenvalue weighted by molar-refractivity contribution is 5.76. The number of fused-ring (bicyclic) bond motifs is 1. The zero-order valence-corrected chi connectivity index (χ0v) is 15.3. The molecule has 4 aromatic rings. The van der Waals surface area contributed by atoms with Crippen molar-refractivity contribution in [3.05, 3.63) is 76.9 Å². The fourth-order valence-corrected chi connectivity index (χ4v) is 3.03. The molecule has 142 valence electrons. The molecular formula is C20H19N5O3. The van der Waals surface area contributed by atoms with Crippen LogP contribution in [0.25, 0.3) is 16.7 Å². The topological polar surface area (TPSA) is 95.0 Å². The summed E-state index contributed by atoms with van der Waals surface area (Å²) in [6, 6.07) is 13.1. The van der Waals surface area contributed by atoms with Gasteiger partial charge in [0.05, 0.1) is 24.7 Å². The molecule has 1 amide bonds. The molecule has 0 saturated heterocycles. The van der Waals surface area contributed by atoms with Gasteiger partial charge in [-0.25, -0.2) is 9.67 Å². The predicted octanol–water partition coefficient (Wildman–Crippen LogP) is 2.19. The predicted molar refractivity (Wildman–Crippen MR) is 103 cm³/mol. The summed E-state index contributed by atoms with van der Waals surface area (Å²) in [6.07, 6.45) is 3.24. The van der Waals surface area contributed by atoms with Crippen LogP contribution in [-0.4, -0.2) is 25.2 Å². The van der Waals surface area contributed by atoms with Crippen LogP contribution in [0, 0.1) is 6.92 Å². The first-order valence-corrected chi connectivity index (χ1v) is 8.93. The van der Waals surface area contributed by atoms with Gasteiger partial charge in [0.1, 0.15) is 17.0 Å². The van der Waals surface area contributed by atoms with E-state index in [9.17, 15) is 9.59 Å². The summed E-state index contributed by atoms with van der Waals surface area (Å²) < 4.78 is 8.33. The van der Waals surface area contributed by atoms with E-state index in [-0.39, 0.29) is 24.4 Å². The Bertz CT molecular complexity index is 1160. The number of carbonyl (C=O) groups excluding carboxylic acids is 1. The van der Waals surface area contributed by atoms with Crippen molar-refractivity contribution in [3.63, 3.8) is 0 Å². The number of carbonyl (C=O) groups is 1. The quantitative estimate of drug-likeness (QED) is 0.556. The van der Waals surface area contributed by atoms with E-state index in [1.54, 1.807) is 30.0 Å². The Kier molecular flexibility index (Phi) is 4.76. The second-order valence-electron chi connectivity index (χ2n) is 6.35. The maximum absolute atomic E-state index is 12.9. The van der Waals surface area contributed by atoms with Crippen LogP contribution >= 0.6 is 0 Å². The maximum Gasteiger partial charge on any atom is 0.264 e. The number of hydrogen-bond donors (Lipinski definition) is 1. The molecule has 0 unspecified atom stereocenters. The fraction of sp³-hybridized carbons (Fsp3) is 0.200. The fourth-order valence-electron chi connectivity index (χ4n) is 3.03. The minimum atomic E-state index is -0.205. The van der Waals surface area contributed by atoms with Gasteiger partial charge in [0.15, 0.2) is 5.65 Å². The highest BCUT2D eigenvalue weighted by Gasteiger charge is 2.15. The molecule has 8 nitrogen and oxygen atoms in total. The molecule has 0 spiro atoms. The lowest BCUT2D eigenvalue weighted by Gasteiger charge is -2.10. The Hall–Kier alpha value is -3.68. The first kappa shape index (κ1) is 17.7. The Morgan fingerprint density at radius 3 is 2.75 bits per heavy atom. The van der Waals surface area contributed by atoms with Crippen molar-refractivity contribution in [2.45, 2.75) is 26.4 Å². The largest absolute Gasteiger partial charge is 0.467 e. The van der Waals surface area contributed by atoms with E-state index in [1.165, 1.54) is 10.8 Å². The highest BCUT2D eigenvalue weighted by Crippen LogP contribution is 2.14. The van der Waals surface area contributed by atoms with Gasteiger partial charge in [-0.2, -0.15) is 5.10 Å². The number of aromatic nitrogens is 4. The summed E-state index contributed by atoms with van der Waals surface area (Å²) in [6.45, 7) is 2.32. The smallest absolute Gasteiger partial charge is 0.264 e. The van der Waals surface area contributed by atoms with Crippen molar-refractivity contribution in [1.29, 1.82) is 0 Å². The average molecular weight is 377 g/mol. The van der Waals surface area contributed by atoms with Crippen molar-refractivity contribution in [3.8, 4) is 5.69 Å². The first-order chi connectivity index (χ1) is 13.6. The standard InChI is InChI=1S/C20H19N5O3/c1-14-23-19-17(13-22-25(19)15-6-3-2-4-7-15)20(27)24(14)10-9-18(26)21-12-16-8-5-11-28-16/h2-8,11,13H,9-10,12H2,1H3,(H,21,26). The Labute approximate surface area is 160 Å². The van der Waals surface area contributed by atoms with Crippen molar-refractivity contribution >= 4 is 16.9 Å². The number of nitrogens with one attached hydrogen (secondary N) is 1. The Morgan fingerprint density at radius 2 is 2.00 bits per heavy atom. The number of para-hydroxylation sites is 1. The third-order valence-electron chi connectivity index (χ3n) is 4.48. The second kappa shape index (κ2) is 7.51. The molecule has 28 heavy (non-hydrogen) atoms. The molecule has 1 N–H and O–H groups in total. The van der Waals surface area contributed by atoms with Crippen LogP contribution in [0.2, 0.25) is 0 Å². The molecule has 0 fully saturated rings. The molecular weight excluding hydrogens is 358 g/mol. The van der Waals surface area contributed by atoms with E-state index >= 15 is 0 Å². The average Bonchev–Trinajstić information content (AvgIpc) is 3.36. The summed E-state index contributed by atoms with van der Waals surface area (Å²) in [7, 11) is 0. The van der Waals surface area contributed by atoms with Crippen molar-refractivity contribution in [2.75, 3.05) is 0 Å². The summed E-state index contributed by atoms with van der Waals surface area (Å²) in [4.78, 5) is 29.5. The van der Waals surface area contributed by atoms with E-state index in [0.717, 1.165) is 5.69 Å². The molecule has 0 bridgehead atoms. The van der Waals surface area contributed by atoms with Gasteiger partial charge in [0.25, 0.3) is 5.56 Å². The van der Waals surface area contributed by atoms with Gasteiger partial charge >= 0.3 is 0 Å². The summed E-state index contributed by atoms with van der Waals surface area (Å²) in [5, 5.41) is 7.51.